The van der Waals surface area contributed by atoms with E-state index in [2.05, 4.69) is 42.4 Å². The zero-order valence-corrected chi connectivity index (χ0v) is 11.9. The molecule has 0 aliphatic carbocycles. The maximum Gasteiger partial charge on any atom is 0.153 e. The van der Waals surface area contributed by atoms with Crippen LogP contribution in [-0.2, 0) is 6.42 Å². The number of rotatable bonds is 6. The van der Waals surface area contributed by atoms with Gasteiger partial charge in [0, 0.05) is 18.4 Å². The molecule has 0 aliphatic rings. The molecule has 0 aliphatic heterocycles. The molecule has 0 unspecified atom stereocenters. The van der Waals surface area contributed by atoms with Crippen LogP contribution in [0.1, 0.15) is 31.4 Å². The average Bonchev–Trinajstić information content (AvgIpc) is 2.83. The van der Waals surface area contributed by atoms with Crippen LogP contribution in [0.5, 0.6) is 0 Å². The number of nitrogens with zero attached hydrogens (tertiary/aromatic N) is 3. The van der Waals surface area contributed by atoms with Crippen molar-refractivity contribution < 1.29 is 0 Å². The van der Waals surface area contributed by atoms with Crippen molar-refractivity contribution in [1.82, 2.24) is 20.1 Å². The first-order valence-electron chi connectivity index (χ1n) is 6.85. The monoisotopic (exact) mass is 258 g/mol. The summed E-state index contributed by atoms with van der Waals surface area (Å²) < 4.78 is 1.85. The Morgan fingerprint density at radius 2 is 2.21 bits per heavy atom. The van der Waals surface area contributed by atoms with Gasteiger partial charge in [0.2, 0.25) is 0 Å². The van der Waals surface area contributed by atoms with Crippen LogP contribution in [0.4, 0.5) is 0 Å². The van der Waals surface area contributed by atoms with Gasteiger partial charge in [0.25, 0.3) is 0 Å². The van der Waals surface area contributed by atoms with Gasteiger partial charge in [-0.05, 0) is 49.6 Å². The zero-order chi connectivity index (χ0) is 13.7. The first kappa shape index (κ1) is 13.7. The predicted octanol–water partition coefficient (Wildman–Crippen LogP) is 2.51. The summed E-state index contributed by atoms with van der Waals surface area (Å²) in [5, 5.41) is 7.80. The summed E-state index contributed by atoms with van der Waals surface area (Å²) in [5.74, 6) is 0.881. The van der Waals surface area contributed by atoms with Crippen LogP contribution in [0, 0.1) is 6.92 Å². The minimum atomic E-state index is 0.555. The molecular weight excluding hydrogens is 236 g/mol. The number of aromatic nitrogens is 3. The van der Waals surface area contributed by atoms with Crippen LogP contribution in [0.2, 0.25) is 0 Å². The standard InChI is InChI=1S/C15H22N4/c1-12(2)16-7-4-5-14-10-18-19(11-14)15-9-13(3)6-8-17-15/h6,8-12,16H,4-5,7H2,1-3H3. The van der Waals surface area contributed by atoms with Gasteiger partial charge in [-0.3, -0.25) is 0 Å². The van der Waals surface area contributed by atoms with Crippen molar-refractivity contribution in [3.05, 3.63) is 41.9 Å². The summed E-state index contributed by atoms with van der Waals surface area (Å²) in [6, 6.07) is 4.59. The number of hydrogen-bond acceptors (Lipinski definition) is 3. The van der Waals surface area contributed by atoms with E-state index in [0.717, 1.165) is 25.2 Å². The highest BCUT2D eigenvalue weighted by atomic mass is 15.3. The number of nitrogens with one attached hydrogen (secondary N) is 1. The maximum atomic E-state index is 4.38. The third kappa shape index (κ3) is 4.17. The second-order valence-electron chi connectivity index (χ2n) is 5.20. The fourth-order valence-electron chi connectivity index (χ4n) is 1.94. The Morgan fingerprint density at radius 3 is 2.95 bits per heavy atom. The van der Waals surface area contributed by atoms with E-state index in [1.54, 1.807) is 0 Å². The minimum absolute atomic E-state index is 0.555. The Morgan fingerprint density at radius 1 is 1.37 bits per heavy atom. The number of pyridine rings is 1. The van der Waals surface area contributed by atoms with Crippen LogP contribution in [0.3, 0.4) is 0 Å². The lowest BCUT2D eigenvalue weighted by Gasteiger charge is -2.06. The Labute approximate surface area is 114 Å². The summed E-state index contributed by atoms with van der Waals surface area (Å²) in [6.07, 6.45) is 7.99. The van der Waals surface area contributed by atoms with Crippen molar-refractivity contribution in [2.75, 3.05) is 6.54 Å². The highest BCUT2D eigenvalue weighted by Crippen LogP contribution is 2.08. The molecule has 0 atom stereocenters. The van der Waals surface area contributed by atoms with Crippen molar-refractivity contribution in [1.29, 1.82) is 0 Å². The Hall–Kier alpha value is -1.68. The zero-order valence-electron chi connectivity index (χ0n) is 11.9. The van der Waals surface area contributed by atoms with E-state index >= 15 is 0 Å². The molecular formula is C15H22N4. The molecule has 19 heavy (non-hydrogen) atoms. The quantitative estimate of drug-likeness (QED) is 0.810. The van der Waals surface area contributed by atoms with Gasteiger partial charge in [0.15, 0.2) is 5.82 Å². The SMILES string of the molecule is Cc1ccnc(-n2cc(CCCNC(C)C)cn2)c1. The molecule has 4 nitrogen and oxygen atoms in total. The van der Waals surface area contributed by atoms with Gasteiger partial charge in [-0.25, -0.2) is 9.67 Å². The van der Waals surface area contributed by atoms with Crippen LogP contribution >= 0.6 is 0 Å². The van der Waals surface area contributed by atoms with E-state index in [1.807, 2.05) is 29.2 Å². The lowest BCUT2D eigenvalue weighted by Crippen LogP contribution is -2.23. The van der Waals surface area contributed by atoms with Crippen LogP contribution in [0.15, 0.2) is 30.7 Å². The summed E-state index contributed by atoms with van der Waals surface area (Å²) in [6.45, 7) is 7.45. The Kier molecular flexibility index (Phi) is 4.68. The molecule has 0 fully saturated rings. The lowest BCUT2D eigenvalue weighted by atomic mass is 10.2. The Bertz CT molecular complexity index is 516. The lowest BCUT2D eigenvalue weighted by molar-refractivity contribution is 0.570. The van der Waals surface area contributed by atoms with Gasteiger partial charge in [-0.2, -0.15) is 5.10 Å². The van der Waals surface area contributed by atoms with Crippen molar-refractivity contribution in [2.24, 2.45) is 0 Å². The Balaban J connectivity index is 1.92. The molecule has 4 heteroatoms. The van der Waals surface area contributed by atoms with E-state index in [9.17, 15) is 0 Å². The van der Waals surface area contributed by atoms with Crippen LogP contribution in [0.25, 0.3) is 5.82 Å². The van der Waals surface area contributed by atoms with Gasteiger partial charge < -0.3 is 5.32 Å². The topological polar surface area (TPSA) is 42.7 Å². The van der Waals surface area contributed by atoms with Crippen molar-refractivity contribution in [2.45, 2.75) is 39.7 Å². The molecule has 2 rings (SSSR count). The van der Waals surface area contributed by atoms with Gasteiger partial charge in [0.1, 0.15) is 0 Å². The molecule has 0 aromatic carbocycles. The van der Waals surface area contributed by atoms with Gasteiger partial charge in [-0.1, -0.05) is 13.8 Å². The molecule has 0 saturated heterocycles. The van der Waals surface area contributed by atoms with Crippen molar-refractivity contribution in [3.63, 3.8) is 0 Å². The summed E-state index contributed by atoms with van der Waals surface area (Å²) in [5.41, 5.74) is 2.46. The normalized spacial score (nSPS) is 11.2. The fraction of sp³-hybridized carbons (Fsp3) is 0.467. The van der Waals surface area contributed by atoms with E-state index in [4.69, 9.17) is 0 Å². The van der Waals surface area contributed by atoms with E-state index in [-0.39, 0.29) is 0 Å². The maximum absolute atomic E-state index is 4.38. The van der Waals surface area contributed by atoms with Gasteiger partial charge >= 0.3 is 0 Å². The van der Waals surface area contributed by atoms with E-state index in [0.29, 0.717) is 6.04 Å². The summed E-state index contributed by atoms with van der Waals surface area (Å²) >= 11 is 0. The molecule has 2 heterocycles. The number of aryl methyl sites for hydroxylation is 2. The largest absolute Gasteiger partial charge is 0.315 e. The molecule has 2 aromatic rings. The second-order valence-corrected chi connectivity index (χ2v) is 5.20. The summed E-state index contributed by atoms with van der Waals surface area (Å²) in [7, 11) is 0. The highest BCUT2D eigenvalue weighted by Gasteiger charge is 2.02. The second kappa shape index (κ2) is 6.48. The molecule has 0 radical (unpaired) electrons. The van der Waals surface area contributed by atoms with Crippen LogP contribution < -0.4 is 5.32 Å². The molecule has 102 valence electrons. The van der Waals surface area contributed by atoms with E-state index in [1.165, 1.54) is 11.1 Å². The number of hydrogen-bond donors (Lipinski definition) is 1. The minimum Gasteiger partial charge on any atom is -0.315 e. The van der Waals surface area contributed by atoms with Gasteiger partial charge in [-0.15, -0.1) is 0 Å². The van der Waals surface area contributed by atoms with Crippen molar-refractivity contribution >= 4 is 0 Å². The molecule has 0 amide bonds. The third-order valence-corrected chi connectivity index (χ3v) is 2.97. The molecule has 1 N–H and O–H groups in total. The van der Waals surface area contributed by atoms with Crippen molar-refractivity contribution in [3.8, 4) is 5.82 Å². The molecule has 2 aromatic heterocycles. The summed E-state index contributed by atoms with van der Waals surface area (Å²) in [4.78, 5) is 4.33. The molecule has 0 spiro atoms. The first-order chi connectivity index (χ1) is 9.15. The fourth-order valence-corrected chi connectivity index (χ4v) is 1.94. The highest BCUT2D eigenvalue weighted by molar-refractivity contribution is 5.27. The predicted molar refractivity (Wildman–Crippen MR) is 77.6 cm³/mol. The van der Waals surface area contributed by atoms with Gasteiger partial charge in [0.05, 0.1) is 6.20 Å². The molecule has 0 bridgehead atoms. The average molecular weight is 258 g/mol. The first-order valence-corrected chi connectivity index (χ1v) is 6.85. The van der Waals surface area contributed by atoms with E-state index < -0.39 is 0 Å². The smallest absolute Gasteiger partial charge is 0.153 e. The molecule has 0 saturated carbocycles. The third-order valence-electron chi connectivity index (χ3n) is 2.97. The van der Waals surface area contributed by atoms with Crippen LogP contribution in [-0.4, -0.2) is 27.4 Å².